The molecule has 9 heteroatoms. The van der Waals surface area contributed by atoms with Crippen molar-refractivity contribution < 1.29 is 14.3 Å². The summed E-state index contributed by atoms with van der Waals surface area (Å²) < 4.78 is 6.91. The van der Waals surface area contributed by atoms with E-state index in [-0.39, 0.29) is 18.5 Å². The predicted octanol–water partition coefficient (Wildman–Crippen LogP) is 1.75. The third-order valence-electron chi connectivity index (χ3n) is 5.27. The zero-order valence-electron chi connectivity index (χ0n) is 16.8. The van der Waals surface area contributed by atoms with Crippen LogP contribution in [0.25, 0.3) is 5.69 Å². The second kappa shape index (κ2) is 7.57. The molecule has 3 amide bonds. The lowest BCUT2D eigenvalue weighted by Gasteiger charge is -2.34. The number of fused-ring (bicyclic) bond motifs is 3. The van der Waals surface area contributed by atoms with E-state index in [1.807, 2.05) is 38.1 Å². The zero-order chi connectivity index (χ0) is 20.5. The molecule has 0 N–H and O–H groups in total. The summed E-state index contributed by atoms with van der Waals surface area (Å²) in [4.78, 5) is 35.4. The Morgan fingerprint density at radius 1 is 1.21 bits per heavy atom. The Morgan fingerprint density at radius 3 is 2.59 bits per heavy atom. The van der Waals surface area contributed by atoms with Crippen LogP contribution in [0.3, 0.4) is 0 Å². The summed E-state index contributed by atoms with van der Waals surface area (Å²) in [6, 6.07) is 7.15. The summed E-state index contributed by atoms with van der Waals surface area (Å²) in [7, 11) is 1.61. The van der Waals surface area contributed by atoms with Crippen LogP contribution in [-0.4, -0.2) is 77.2 Å². The highest BCUT2D eigenvalue weighted by Crippen LogP contribution is 2.33. The Bertz CT molecular complexity index is 961. The number of ether oxygens (including phenoxy) is 1. The minimum absolute atomic E-state index is 0.0425. The average molecular weight is 396 g/mol. The van der Waals surface area contributed by atoms with Gasteiger partial charge in [0, 0.05) is 19.6 Å². The molecular formula is C20H24N6O3. The van der Waals surface area contributed by atoms with Crippen LogP contribution in [0, 0.1) is 0 Å². The molecule has 0 radical (unpaired) electrons. The molecule has 2 aliphatic heterocycles. The Kier molecular flexibility index (Phi) is 4.96. The number of hydrogen-bond donors (Lipinski definition) is 0. The Labute approximate surface area is 169 Å². The van der Waals surface area contributed by atoms with E-state index in [0.29, 0.717) is 37.8 Å². The molecule has 9 nitrogen and oxygen atoms in total. The van der Waals surface area contributed by atoms with Gasteiger partial charge in [0.25, 0.3) is 0 Å². The van der Waals surface area contributed by atoms with Crippen molar-refractivity contribution >= 4 is 23.6 Å². The van der Waals surface area contributed by atoms with Gasteiger partial charge in [-0.15, -0.1) is 0 Å². The Balaban J connectivity index is 1.78. The van der Waals surface area contributed by atoms with Crippen molar-refractivity contribution in [3.63, 3.8) is 0 Å². The van der Waals surface area contributed by atoms with E-state index in [0.717, 1.165) is 17.0 Å². The average Bonchev–Trinajstić information content (AvgIpc) is 3.39. The number of amidine groups is 1. The number of amides is 3. The van der Waals surface area contributed by atoms with Gasteiger partial charge in [0.15, 0.2) is 5.82 Å². The number of benzene rings is 1. The van der Waals surface area contributed by atoms with Gasteiger partial charge in [-0.25, -0.2) is 9.48 Å². The molecule has 4 rings (SSSR count). The molecule has 3 heterocycles. The monoisotopic (exact) mass is 396 g/mol. The van der Waals surface area contributed by atoms with Gasteiger partial charge in [0.1, 0.15) is 18.1 Å². The van der Waals surface area contributed by atoms with E-state index < -0.39 is 0 Å². The van der Waals surface area contributed by atoms with Crippen LogP contribution in [0.5, 0.6) is 5.75 Å². The molecule has 0 fully saturated rings. The van der Waals surface area contributed by atoms with Crippen LogP contribution in [0.1, 0.15) is 19.4 Å². The summed E-state index contributed by atoms with van der Waals surface area (Å²) >= 11 is 0. The van der Waals surface area contributed by atoms with Gasteiger partial charge in [0.05, 0.1) is 31.1 Å². The first kappa shape index (κ1) is 19.0. The highest BCUT2D eigenvalue weighted by atomic mass is 16.5. The minimum atomic E-state index is -0.246. The third kappa shape index (κ3) is 3.12. The van der Waals surface area contributed by atoms with E-state index in [9.17, 15) is 9.59 Å². The molecule has 2 aliphatic rings. The molecule has 0 saturated heterocycles. The molecule has 1 aromatic carbocycles. The van der Waals surface area contributed by atoms with E-state index in [2.05, 4.69) is 10.1 Å². The molecule has 0 saturated carbocycles. The lowest BCUT2D eigenvalue weighted by atomic mass is 10.2. The van der Waals surface area contributed by atoms with Gasteiger partial charge in [-0.2, -0.15) is 5.10 Å². The molecule has 152 valence electrons. The van der Waals surface area contributed by atoms with Crippen molar-refractivity contribution in [1.82, 2.24) is 19.6 Å². The number of nitrogens with zero attached hydrogens (tertiary/aromatic N) is 6. The van der Waals surface area contributed by atoms with Crippen LogP contribution in [0.15, 0.2) is 35.5 Å². The van der Waals surface area contributed by atoms with Crippen molar-refractivity contribution in [2.45, 2.75) is 13.8 Å². The van der Waals surface area contributed by atoms with Gasteiger partial charge >= 0.3 is 6.03 Å². The fourth-order valence-corrected chi connectivity index (χ4v) is 3.73. The van der Waals surface area contributed by atoms with Crippen molar-refractivity contribution in [1.29, 1.82) is 0 Å². The molecule has 0 unspecified atom stereocenters. The quantitative estimate of drug-likeness (QED) is 0.745. The van der Waals surface area contributed by atoms with Crippen molar-refractivity contribution in [2.24, 2.45) is 4.99 Å². The van der Waals surface area contributed by atoms with Crippen molar-refractivity contribution in [2.75, 3.05) is 44.7 Å². The SMILES string of the molecule is CCN(CC)C(=O)CN1C(=O)N2CCN=C2c2cnn(-c3ccc(OC)cc3)c21. The second-order valence-corrected chi connectivity index (χ2v) is 6.78. The number of hydrogen-bond acceptors (Lipinski definition) is 5. The third-order valence-corrected chi connectivity index (χ3v) is 5.27. The van der Waals surface area contributed by atoms with Gasteiger partial charge in [-0.05, 0) is 38.1 Å². The fourth-order valence-electron chi connectivity index (χ4n) is 3.73. The summed E-state index contributed by atoms with van der Waals surface area (Å²) in [5, 5.41) is 4.51. The lowest BCUT2D eigenvalue weighted by molar-refractivity contribution is -0.129. The number of carbonyl (C=O) groups is 2. The van der Waals surface area contributed by atoms with E-state index >= 15 is 0 Å². The zero-order valence-corrected chi connectivity index (χ0v) is 16.8. The first-order chi connectivity index (χ1) is 14.1. The minimum Gasteiger partial charge on any atom is -0.497 e. The van der Waals surface area contributed by atoms with Gasteiger partial charge < -0.3 is 9.64 Å². The highest BCUT2D eigenvalue weighted by molar-refractivity contribution is 6.20. The number of carbonyl (C=O) groups excluding carboxylic acids is 2. The lowest BCUT2D eigenvalue weighted by Crippen LogP contribution is -2.53. The summed E-state index contributed by atoms with van der Waals surface area (Å²) in [5.41, 5.74) is 1.53. The van der Waals surface area contributed by atoms with E-state index in [4.69, 9.17) is 4.74 Å². The number of likely N-dealkylation sites (N-methyl/N-ethyl adjacent to an activating group) is 1. The van der Waals surface area contributed by atoms with Gasteiger partial charge in [-0.3, -0.25) is 19.6 Å². The Morgan fingerprint density at radius 2 is 1.93 bits per heavy atom. The van der Waals surface area contributed by atoms with Gasteiger partial charge in [0.2, 0.25) is 5.91 Å². The molecule has 0 atom stereocenters. The summed E-state index contributed by atoms with van der Waals surface area (Å²) in [6.45, 7) is 6.06. The van der Waals surface area contributed by atoms with Gasteiger partial charge in [-0.1, -0.05) is 0 Å². The molecule has 0 bridgehead atoms. The van der Waals surface area contributed by atoms with E-state index in [1.165, 1.54) is 4.90 Å². The van der Waals surface area contributed by atoms with Crippen LogP contribution < -0.4 is 9.64 Å². The summed E-state index contributed by atoms with van der Waals surface area (Å²) in [6.07, 6.45) is 1.71. The normalized spacial score (nSPS) is 15.1. The van der Waals surface area contributed by atoms with E-state index in [1.54, 1.807) is 27.8 Å². The number of rotatable bonds is 6. The van der Waals surface area contributed by atoms with Crippen LogP contribution >= 0.6 is 0 Å². The first-order valence-corrected chi connectivity index (χ1v) is 9.73. The number of aromatic nitrogens is 2. The molecule has 29 heavy (non-hydrogen) atoms. The number of aliphatic imine (C=N–C) groups is 1. The second-order valence-electron chi connectivity index (χ2n) is 6.78. The highest BCUT2D eigenvalue weighted by Gasteiger charge is 2.41. The van der Waals surface area contributed by atoms with Crippen molar-refractivity contribution in [3.8, 4) is 11.4 Å². The smallest absolute Gasteiger partial charge is 0.331 e. The fraction of sp³-hybridized carbons (Fsp3) is 0.400. The number of methoxy groups -OCH3 is 1. The van der Waals surface area contributed by atoms with Crippen LogP contribution in [0.4, 0.5) is 10.6 Å². The molecule has 1 aromatic heterocycles. The molecule has 0 aliphatic carbocycles. The molecular weight excluding hydrogens is 372 g/mol. The number of anilines is 1. The predicted molar refractivity (Wildman–Crippen MR) is 109 cm³/mol. The largest absolute Gasteiger partial charge is 0.497 e. The maximum Gasteiger partial charge on any atom is 0.331 e. The van der Waals surface area contributed by atoms with Crippen molar-refractivity contribution in [3.05, 3.63) is 36.0 Å². The Hall–Kier alpha value is -3.36. The summed E-state index contributed by atoms with van der Waals surface area (Å²) in [5.74, 6) is 1.82. The molecule has 2 aromatic rings. The maximum atomic E-state index is 13.2. The first-order valence-electron chi connectivity index (χ1n) is 9.73. The number of urea groups is 1. The topological polar surface area (TPSA) is 83.3 Å². The maximum absolute atomic E-state index is 13.2. The standard InChI is InChI=1S/C20H24N6O3/c1-4-23(5-2)17(27)13-25-19-16(18-21-10-11-24(18)20(25)28)12-22-26(19)14-6-8-15(29-3)9-7-14/h6-9,12H,4-5,10-11,13H2,1-3H3. The molecule has 0 spiro atoms. The van der Waals surface area contributed by atoms with Crippen LogP contribution in [-0.2, 0) is 4.79 Å². The van der Waals surface area contributed by atoms with Crippen LogP contribution in [0.2, 0.25) is 0 Å².